The van der Waals surface area contributed by atoms with Gasteiger partial charge in [0.25, 0.3) is 0 Å². The van der Waals surface area contributed by atoms with Crippen LogP contribution in [0.5, 0.6) is 11.5 Å². The van der Waals surface area contributed by atoms with Gasteiger partial charge in [0.05, 0.1) is 23.1 Å². The number of ether oxygens (including phenoxy) is 2. The van der Waals surface area contributed by atoms with Crippen LogP contribution < -0.4 is 15.2 Å². The number of benzene rings is 2. The monoisotopic (exact) mass is 432 g/mol. The van der Waals surface area contributed by atoms with Crippen LogP contribution in [0.1, 0.15) is 43.4 Å². The molecule has 0 atom stereocenters. The lowest BCUT2D eigenvalue weighted by molar-refractivity contribution is 0.160. The first kappa shape index (κ1) is 21.8. The SMILES string of the molecule is CC(C)(c1ccc(OCC2CC(N)C2)cc1)c1cc(Cl)c(OCCCl)c(C#N)c1. The van der Waals surface area contributed by atoms with Gasteiger partial charge in [-0.25, -0.2) is 0 Å². The fourth-order valence-electron chi connectivity index (χ4n) is 3.60. The van der Waals surface area contributed by atoms with Crippen LogP contribution in [0.25, 0.3) is 0 Å². The second-order valence-electron chi connectivity index (χ2n) is 8.04. The van der Waals surface area contributed by atoms with Crippen molar-refractivity contribution in [2.45, 2.75) is 38.1 Å². The zero-order valence-electron chi connectivity index (χ0n) is 16.8. The summed E-state index contributed by atoms with van der Waals surface area (Å²) in [4.78, 5) is 0. The standard InChI is InChI=1S/C23H26Cl2N2O2/c1-23(2,18-11-16(13-26)22(21(25)12-18)28-8-7-24)17-3-5-20(6-4-17)29-14-15-9-19(27)10-15/h3-6,11-12,15,19H,7-10,14,27H2,1-2H3. The van der Waals surface area contributed by atoms with Gasteiger partial charge in [-0.1, -0.05) is 37.6 Å². The molecule has 3 rings (SSSR count). The van der Waals surface area contributed by atoms with Crippen LogP contribution in [0.2, 0.25) is 5.02 Å². The highest BCUT2D eigenvalue weighted by molar-refractivity contribution is 6.32. The van der Waals surface area contributed by atoms with Gasteiger partial charge in [0.2, 0.25) is 0 Å². The number of alkyl halides is 1. The molecule has 6 heteroatoms. The Balaban J connectivity index is 1.77. The van der Waals surface area contributed by atoms with E-state index in [4.69, 9.17) is 38.4 Å². The third-order valence-corrected chi connectivity index (χ3v) is 5.98. The maximum Gasteiger partial charge on any atom is 0.155 e. The van der Waals surface area contributed by atoms with Crippen molar-refractivity contribution in [3.05, 3.63) is 58.1 Å². The zero-order chi connectivity index (χ0) is 21.0. The Bertz CT molecular complexity index is 885. The third-order valence-electron chi connectivity index (χ3n) is 5.54. The normalized spacial score (nSPS) is 18.6. The van der Waals surface area contributed by atoms with Gasteiger partial charge in [-0.15, -0.1) is 11.6 Å². The van der Waals surface area contributed by atoms with Crippen molar-refractivity contribution in [1.29, 1.82) is 5.26 Å². The van der Waals surface area contributed by atoms with Gasteiger partial charge in [-0.3, -0.25) is 0 Å². The molecule has 0 radical (unpaired) electrons. The minimum Gasteiger partial charge on any atom is -0.493 e. The summed E-state index contributed by atoms with van der Waals surface area (Å²) in [6.07, 6.45) is 2.08. The average Bonchev–Trinajstić information content (AvgIpc) is 2.69. The Labute approximate surface area is 182 Å². The molecular weight excluding hydrogens is 407 g/mol. The Morgan fingerprint density at radius 3 is 2.41 bits per heavy atom. The summed E-state index contributed by atoms with van der Waals surface area (Å²) in [5.74, 6) is 2.13. The van der Waals surface area contributed by atoms with Gasteiger partial charge >= 0.3 is 0 Å². The van der Waals surface area contributed by atoms with Crippen molar-refractivity contribution in [3.8, 4) is 17.6 Å². The molecule has 0 heterocycles. The Morgan fingerprint density at radius 2 is 1.83 bits per heavy atom. The number of rotatable bonds is 8. The number of hydrogen-bond donors (Lipinski definition) is 1. The number of nitrogens with two attached hydrogens (primary N) is 1. The zero-order valence-corrected chi connectivity index (χ0v) is 18.3. The van der Waals surface area contributed by atoms with E-state index in [0.29, 0.717) is 47.4 Å². The van der Waals surface area contributed by atoms with Crippen molar-refractivity contribution in [3.63, 3.8) is 0 Å². The number of hydrogen-bond acceptors (Lipinski definition) is 4. The van der Waals surface area contributed by atoms with Crippen molar-refractivity contribution >= 4 is 23.2 Å². The topological polar surface area (TPSA) is 68.3 Å². The molecule has 2 aromatic rings. The van der Waals surface area contributed by atoms with E-state index in [1.807, 2.05) is 24.3 Å². The molecule has 4 nitrogen and oxygen atoms in total. The molecule has 1 aliphatic rings. The first-order chi connectivity index (χ1) is 13.8. The first-order valence-electron chi connectivity index (χ1n) is 9.77. The predicted molar refractivity (Wildman–Crippen MR) is 117 cm³/mol. The van der Waals surface area contributed by atoms with Crippen LogP contribution in [-0.2, 0) is 5.41 Å². The molecule has 1 fully saturated rings. The highest BCUT2D eigenvalue weighted by Gasteiger charge is 2.27. The molecule has 0 amide bonds. The van der Waals surface area contributed by atoms with E-state index >= 15 is 0 Å². The average molecular weight is 433 g/mol. The highest BCUT2D eigenvalue weighted by Crippen LogP contribution is 2.38. The largest absolute Gasteiger partial charge is 0.493 e. The molecule has 1 aliphatic carbocycles. The van der Waals surface area contributed by atoms with Gasteiger partial charge in [0, 0.05) is 11.5 Å². The highest BCUT2D eigenvalue weighted by atomic mass is 35.5. The molecule has 1 saturated carbocycles. The molecule has 0 aliphatic heterocycles. The number of halogens is 2. The minimum absolute atomic E-state index is 0.299. The molecule has 0 aromatic heterocycles. The van der Waals surface area contributed by atoms with E-state index in [0.717, 1.165) is 29.7 Å². The minimum atomic E-state index is -0.348. The van der Waals surface area contributed by atoms with Gasteiger partial charge in [-0.2, -0.15) is 5.26 Å². The summed E-state index contributed by atoms with van der Waals surface area (Å²) < 4.78 is 11.4. The van der Waals surface area contributed by atoms with Crippen molar-refractivity contribution in [2.24, 2.45) is 11.7 Å². The van der Waals surface area contributed by atoms with Crippen LogP contribution in [-0.4, -0.2) is 25.1 Å². The van der Waals surface area contributed by atoms with E-state index in [1.54, 1.807) is 0 Å². The van der Waals surface area contributed by atoms with E-state index in [9.17, 15) is 5.26 Å². The maximum atomic E-state index is 9.54. The van der Waals surface area contributed by atoms with E-state index < -0.39 is 0 Å². The molecule has 0 saturated heterocycles. The van der Waals surface area contributed by atoms with Crippen LogP contribution in [0.4, 0.5) is 0 Å². The molecule has 2 N–H and O–H groups in total. The van der Waals surface area contributed by atoms with E-state index in [-0.39, 0.29) is 5.41 Å². The molecule has 2 aromatic carbocycles. The van der Waals surface area contributed by atoms with Crippen molar-refractivity contribution in [2.75, 3.05) is 19.1 Å². The molecule has 0 unspecified atom stereocenters. The van der Waals surface area contributed by atoms with Crippen molar-refractivity contribution < 1.29 is 9.47 Å². The van der Waals surface area contributed by atoms with E-state index in [1.165, 1.54) is 0 Å². The first-order valence-corrected chi connectivity index (χ1v) is 10.7. The van der Waals surface area contributed by atoms with Gasteiger partial charge in [0.1, 0.15) is 18.4 Å². The summed E-state index contributed by atoms with van der Waals surface area (Å²) in [5, 5.41) is 9.95. The Kier molecular flexibility index (Phi) is 6.95. The van der Waals surface area contributed by atoms with Crippen LogP contribution >= 0.6 is 23.2 Å². The summed E-state index contributed by atoms with van der Waals surface area (Å²) in [7, 11) is 0. The van der Waals surface area contributed by atoms with Crippen LogP contribution in [0.3, 0.4) is 0 Å². The predicted octanol–water partition coefficient (Wildman–Crippen LogP) is 5.27. The van der Waals surface area contributed by atoms with E-state index in [2.05, 4.69) is 32.0 Å². The van der Waals surface area contributed by atoms with Crippen LogP contribution in [0, 0.1) is 17.2 Å². The van der Waals surface area contributed by atoms with Crippen LogP contribution in [0.15, 0.2) is 36.4 Å². The Hall–Kier alpha value is -1.93. The maximum absolute atomic E-state index is 9.54. The number of nitriles is 1. The number of nitrogens with zero attached hydrogens (tertiary/aromatic N) is 1. The fourth-order valence-corrected chi connectivity index (χ4v) is 3.95. The Morgan fingerprint density at radius 1 is 1.14 bits per heavy atom. The molecule has 154 valence electrons. The second-order valence-corrected chi connectivity index (χ2v) is 8.83. The fraction of sp³-hybridized carbons (Fsp3) is 0.435. The summed E-state index contributed by atoms with van der Waals surface area (Å²) in [5.41, 5.74) is 7.93. The molecule has 0 bridgehead atoms. The molecule has 0 spiro atoms. The lowest BCUT2D eigenvalue weighted by Gasteiger charge is -2.32. The summed E-state index contributed by atoms with van der Waals surface area (Å²) in [6.45, 7) is 5.21. The van der Waals surface area contributed by atoms with Gasteiger partial charge < -0.3 is 15.2 Å². The van der Waals surface area contributed by atoms with Crippen molar-refractivity contribution in [1.82, 2.24) is 0 Å². The lowest BCUT2D eigenvalue weighted by atomic mass is 9.77. The van der Waals surface area contributed by atoms with Gasteiger partial charge in [-0.05, 0) is 54.2 Å². The third kappa shape index (κ3) is 4.98. The quantitative estimate of drug-likeness (QED) is 0.576. The molecule has 29 heavy (non-hydrogen) atoms. The molecular formula is C23H26Cl2N2O2. The summed E-state index contributed by atoms with van der Waals surface area (Å²) in [6, 6.07) is 14.3. The second kappa shape index (κ2) is 9.26. The smallest absolute Gasteiger partial charge is 0.155 e. The lowest BCUT2D eigenvalue weighted by Crippen LogP contribution is -2.39. The van der Waals surface area contributed by atoms with Gasteiger partial charge in [0.15, 0.2) is 5.75 Å². The summed E-state index contributed by atoms with van der Waals surface area (Å²) >= 11 is 12.1.